The van der Waals surface area contributed by atoms with Crippen LogP contribution in [0.4, 0.5) is 0 Å². The van der Waals surface area contributed by atoms with Gasteiger partial charge in [-0.2, -0.15) is 0 Å². The van der Waals surface area contributed by atoms with Crippen molar-refractivity contribution in [1.82, 2.24) is 0 Å². The summed E-state index contributed by atoms with van der Waals surface area (Å²) in [4.78, 5) is 0. The third kappa shape index (κ3) is 1.88. The molecule has 0 radical (unpaired) electrons. The Morgan fingerprint density at radius 3 is 2.43 bits per heavy atom. The monoisotopic (exact) mass is 200 g/mol. The Morgan fingerprint density at radius 1 is 1.00 bits per heavy atom. The van der Waals surface area contributed by atoms with E-state index in [4.69, 9.17) is 0 Å². The van der Waals surface area contributed by atoms with E-state index in [2.05, 4.69) is 61.8 Å². The van der Waals surface area contributed by atoms with Crippen molar-refractivity contribution in [1.29, 1.82) is 0 Å². The maximum Gasteiger partial charge on any atom is 0.0695 e. The van der Waals surface area contributed by atoms with Crippen LogP contribution in [0.5, 0.6) is 0 Å². The van der Waals surface area contributed by atoms with Crippen LogP contribution in [-0.2, 0) is 0 Å². The molecule has 1 aliphatic rings. The van der Waals surface area contributed by atoms with Gasteiger partial charge in [0, 0.05) is 0 Å². The quantitative estimate of drug-likeness (QED) is 0.602. The fourth-order valence-electron chi connectivity index (χ4n) is 1.77. The van der Waals surface area contributed by atoms with Crippen LogP contribution in [0.1, 0.15) is 11.1 Å². The molecule has 0 nitrogen and oxygen atoms in total. The van der Waals surface area contributed by atoms with Gasteiger partial charge in [0.25, 0.3) is 0 Å². The molecule has 0 bridgehead atoms. The number of rotatable bonds is 1. The fourth-order valence-corrected chi connectivity index (χ4v) is 2.95. The van der Waals surface area contributed by atoms with Gasteiger partial charge < -0.3 is 0 Å². The van der Waals surface area contributed by atoms with Gasteiger partial charge in [-0.25, -0.2) is 0 Å². The predicted octanol–water partition coefficient (Wildman–Crippen LogP) is 3.97. The Labute approximate surface area is 87.0 Å². The highest BCUT2D eigenvalue weighted by Gasteiger charge is 2.14. The number of hydrogen-bond acceptors (Lipinski definition) is 0. The second kappa shape index (κ2) is 3.25. The van der Waals surface area contributed by atoms with E-state index < -0.39 is 8.07 Å². The Bertz CT molecular complexity index is 405. The third-order valence-corrected chi connectivity index (χ3v) is 3.48. The molecule has 1 heteroatoms. The van der Waals surface area contributed by atoms with Crippen LogP contribution in [0.25, 0.3) is 11.6 Å². The van der Waals surface area contributed by atoms with E-state index in [0.717, 1.165) is 0 Å². The molecule has 1 aromatic carbocycles. The van der Waals surface area contributed by atoms with Crippen molar-refractivity contribution in [3.8, 4) is 0 Å². The van der Waals surface area contributed by atoms with Crippen LogP contribution < -0.4 is 0 Å². The summed E-state index contributed by atoms with van der Waals surface area (Å²) in [5.41, 5.74) is 6.64. The molecule has 0 atom stereocenters. The summed E-state index contributed by atoms with van der Waals surface area (Å²) >= 11 is 0. The summed E-state index contributed by atoms with van der Waals surface area (Å²) < 4.78 is 0. The first kappa shape index (κ1) is 9.47. The molecule has 72 valence electrons. The van der Waals surface area contributed by atoms with Gasteiger partial charge >= 0.3 is 0 Å². The minimum absolute atomic E-state index is 1.10. The Hall–Kier alpha value is -1.08. The van der Waals surface area contributed by atoms with Gasteiger partial charge in [0.2, 0.25) is 0 Å². The van der Waals surface area contributed by atoms with Crippen LogP contribution in [0.2, 0.25) is 19.6 Å². The lowest BCUT2D eigenvalue weighted by Crippen LogP contribution is -2.16. The van der Waals surface area contributed by atoms with Crippen molar-refractivity contribution < 1.29 is 0 Å². The summed E-state index contributed by atoms with van der Waals surface area (Å²) in [6.07, 6.45) is 4.45. The first-order chi connectivity index (χ1) is 6.56. The van der Waals surface area contributed by atoms with Gasteiger partial charge in [0.15, 0.2) is 0 Å². The van der Waals surface area contributed by atoms with Crippen LogP contribution >= 0.6 is 0 Å². The Morgan fingerprint density at radius 2 is 1.71 bits per heavy atom. The van der Waals surface area contributed by atoms with E-state index in [1.54, 1.807) is 0 Å². The Kier molecular flexibility index (Phi) is 2.20. The summed E-state index contributed by atoms with van der Waals surface area (Å²) in [5.74, 6) is 0. The zero-order valence-corrected chi connectivity index (χ0v) is 10.0. The SMILES string of the molecule is C[Si](C)(C)C=C1C=Cc2ccccc21. The average Bonchev–Trinajstić information content (AvgIpc) is 2.47. The smallest absolute Gasteiger partial charge is 0.0695 e. The molecule has 0 fully saturated rings. The molecule has 0 spiro atoms. The van der Waals surface area contributed by atoms with E-state index in [1.807, 2.05) is 0 Å². The largest absolute Gasteiger partial charge is 0.0873 e. The van der Waals surface area contributed by atoms with Crippen molar-refractivity contribution in [3.05, 3.63) is 47.2 Å². The number of fused-ring (bicyclic) bond motifs is 1. The molecule has 0 saturated heterocycles. The zero-order valence-electron chi connectivity index (χ0n) is 9.04. The fraction of sp³-hybridized carbons (Fsp3) is 0.231. The number of benzene rings is 1. The summed E-state index contributed by atoms with van der Waals surface area (Å²) in [7, 11) is -1.10. The molecule has 1 aromatic rings. The molecular formula is C13H16Si. The molecule has 0 saturated carbocycles. The molecule has 0 amide bonds. The molecule has 1 aliphatic carbocycles. The third-order valence-electron chi connectivity index (χ3n) is 2.30. The molecule has 0 heterocycles. The molecular weight excluding hydrogens is 184 g/mol. The topological polar surface area (TPSA) is 0 Å². The highest BCUT2D eigenvalue weighted by atomic mass is 28.3. The van der Waals surface area contributed by atoms with Crippen molar-refractivity contribution in [2.45, 2.75) is 19.6 Å². The van der Waals surface area contributed by atoms with Crippen LogP contribution in [0.15, 0.2) is 36.0 Å². The lowest BCUT2D eigenvalue weighted by Gasteiger charge is -2.11. The van der Waals surface area contributed by atoms with Gasteiger partial charge in [-0.15, -0.1) is 0 Å². The standard InChI is InChI=1S/C13H16Si/c1-14(2,3)10-12-9-8-11-6-4-5-7-13(11)12/h4-10H,1-3H3. The van der Waals surface area contributed by atoms with Crippen LogP contribution in [0.3, 0.4) is 0 Å². The molecule has 0 aliphatic heterocycles. The van der Waals surface area contributed by atoms with Gasteiger partial charge in [-0.1, -0.05) is 61.8 Å². The van der Waals surface area contributed by atoms with E-state index in [1.165, 1.54) is 16.7 Å². The van der Waals surface area contributed by atoms with E-state index >= 15 is 0 Å². The molecule has 0 unspecified atom stereocenters. The highest BCUT2D eigenvalue weighted by molar-refractivity contribution is 6.81. The normalized spacial score (nSPS) is 17.5. The molecule has 0 aromatic heterocycles. The summed E-state index contributed by atoms with van der Waals surface area (Å²) in [5, 5.41) is 0. The van der Waals surface area contributed by atoms with Gasteiger partial charge in [-0.3, -0.25) is 0 Å². The highest BCUT2D eigenvalue weighted by Crippen LogP contribution is 2.29. The Balaban J connectivity index is 2.45. The lowest BCUT2D eigenvalue weighted by atomic mass is 10.1. The first-order valence-corrected chi connectivity index (χ1v) is 8.64. The minimum atomic E-state index is -1.10. The predicted molar refractivity (Wildman–Crippen MR) is 66.8 cm³/mol. The van der Waals surface area contributed by atoms with Gasteiger partial charge in [0.05, 0.1) is 8.07 Å². The summed E-state index contributed by atoms with van der Waals surface area (Å²) in [6, 6.07) is 8.60. The van der Waals surface area contributed by atoms with E-state index in [-0.39, 0.29) is 0 Å². The van der Waals surface area contributed by atoms with Gasteiger partial charge in [-0.05, 0) is 16.7 Å². The number of allylic oxidation sites excluding steroid dienone is 2. The van der Waals surface area contributed by atoms with Crippen molar-refractivity contribution in [3.63, 3.8) is 0 Å². The van der Waals surface area contributed by atoms with Crippen molar-refractivity contribution in [2.24, 2.45) is 0 Å². The number of hydrogen-bond donors (Lipinski definition) is 0. The van der Waals surface area contributed by atoms with Crippen molar-refractivity contribution >= 4 is 19.7 Å². The zero-order chi connectivity index (χ0) is 10.2. The van der Waals surface area contributed by atoms with E-state index in [9.17, 15) is 0 Å². The van der Waals surface area contributed by atoms with Crippen LogP contribution in [0, 0.1) is 0 Å². The van der Waals surface area contributed by atoms with Gasteiger partial charge in [0.1, 0.15) is 0 Å². The second-order valence-corrected chi connectivity index (χ2v) is 9.91. The maximum atomic E-state index is 2.47. The second-order valence-electron chi connectivity index (χ2n) is 4.89. The first-order valence-electron chi connectivity index (χ1n) is 5.07. The average molecular weight is 200 g/mol. The van der Waals surface area contributed by atoms with Crippen LogP contribution in [-0.4, -0.2) is 8.07 Å². The molecule has 2 rings (SSSR count). The van der Waals surface area contributed by atoms with E-state index in [0.29, 0.717) is 0 Å². The maximum absolute atomic E-state index is 2.47. The summed E-state index contributed by atoms with van der Waals surface area (Å²) in [6.45, 7) is 7.11. The lowest BCUT2D eigenvalue weighted by molar-refractivity contribution is 1.61. The molecule has 0 N–H and O–H groups in total. The molecule has 14 heavy (non-hydrogen) atoms. The van der Waals surface area contributed by atoms with Crippen molar-refractivity contribution in [2.75, 3.05) is 0 Å². The minimum Gasteiger partial charge on any atom is -0.0873 e.